The first kappa shape index (κ1) is 16.3. The highest BCUT2D eigenvalue weighted by molar-refractivity contribution is 7.10. The van der Waals surface area contributed by atoms with Gasteiger partial charge < -0.3 is 5.32 Å². The molecule has 0 aromatic carbocycles. The summed E-state index contributed by atoms with van der Waals surface area (Å²) in [6.07, 6.45) is 1.08. The number of nitrogens with zero attached hydrogens (tertiary/aromatic N) is 2. The second-order valence-electron chi connectivity index (χ2n) is 5.32. The van der Waals surface area contributed by atoms with E-state index in [0.29, 0.717) is 6.42 Å². The number of thiazole rings is 2. The molecule has 0 unspecified atom stereocenters. The quantitative estimate of drug-likeness (QED) is 0.722. The first-order valence-electron chi connectivity index (χ1n) is 7.23. The third kappa shape index (κ3) is 4.46. The molecule has 3 aromatic rings. The lowest BCUT2D eigenvalue weighted by Gasteiger charge is -2.16. The lowest BCUT2D eigenvalue weighted by atomic mass is 10.1. The molecule has 0 saturated heterocycles. The second kappa shape index (κ2) is 7.33. The fourth-order valence-corrected chi connectivity index (χ4v) is 4.42. The monoisotopic (exact) mass is 363 g/mol. The third-order valence-corrected chi connectivity index (χ3v) is 5.93. The molecule has 1 N–H and O–H groups in total. The van der Waals surface area contributed by atoms with Crippen molar-refractivity contribution in [2.24, 2.45) is 0 Å². The van der Waals surface area contributed by atoms with Crippen LogP contribution in [0.5, 0.6) is 0 Å². The molecule has 4 nitrogen and oxygen atoms in total. The fourth-order valence-electron chi connectivity index (χ4n) is 2.28. The predicted molar refractivity (Wildman–Crippen MR) is 96.3 cm³/mol. The summed E-state index contributed by atoms with van der Waals surface area (Å²) in [5.41, 5.74) is 3.04. The van der Waals surface area contributed by atoms with E-state index >= 15 is 0 Å². The van der Waals surface area contributed by atoms with Crippen molar-refractivity contribution in [3.63, 3.8) is 0 Å². The predicted octanol–water partition coefficient (Wildman–Crippen LogP) is 3.92. The zero-order chi connectivity index (χ0) is 16.2. The van der Waals surface area contributed by atoms with Crippen molar-refractivity contribution in [2.75, 3.05) is 0 Å². The minimum Gasteiger partial charge on any atom is -0.346 e. The molecule has 23 heavy (non-hydrogen) atoms. The summed E-state index contributed by atoms with van der Waals surface area (Å²) < 4.78 is 0. The average molecular weight is 364 g/mol. The lowest BCUT2D eigenvalue weighted by molar-refractivity contribution is -0.121. The topological polar surface area (TPSA) is 54.9 Å². The lowest BCUT2D eigenvalue weighted by Crippen LogP contribution is -2.31. The summed E-state index contributed by atoms with van der Waals surface area (Å²) in [4.78, 5) is 21.3. The van der Waals surface area contributed by atoms with Crippen LogP contribution in [-0.2, 0) is 17.6 Å². The standard InChI is InChI=1S/C16H17N3OS3/c1-10-7-23-16(17-10)14(5-12-3-4-21-8-12)19-15(20)6-13-9-22-11(2)18-13/h3-4,7-9,14H,5-6H2,1-2H3,(H,19,20)/t14-/m0/s1. The first-order valence-corrected chi connectivity index (χ1v) is 9.94. The van der Waals surface area contributed by atoms with Crippen molar-refractivity contribution in [1.29, 1.82) is 0 Å². The maximum atomic E-state index is 12.4. The Bertz CT molecular complexity index is 776. The molecule has 0 spiro atoms. The maximum absolute atomic E-state index is 12.4. The average Bonchev–Trinajstić information content (AvgIpc) is 3.22. The Kier molecular flexibility index (Phi) is 5.20. The highest BCUT2D eigenvalue weighted by Crippen LogP contribution is 2.23. The summed E-state index contributed by atoms with van der Waals surface area (Å²) in [7, 11) is 0. The van der Waals surface area contributed by atoms with E-state index in [0.717, 1.165) is 27.8 Å². The number of carbonyl (C=O) groups is 1. The number of aryl methyl sites for hydroxylation is 2. The number of amides is 1. The summed E-state index contributed by atoms with van der Waals surface area (Å²) in [6, 6.07) is 2.00. The van der Waals surface area contributed by atoms with E-state index in [9.17, 15) is 4.79 Å². The SMILES string of the molecule is Cc1csc([C@H](Cc2ccsc2)NC(=O)Cc2csc(C)n2)n1. The van der Waals surface area contributed by atoms with Gasteiger partial charge in [0.15, 0.2) is 0 Å². The highest BCUT2D eigenvalue weighted by atomic mass is 32.1. The molecule has 120 valence electrons. The van der Waals surface area contributed by atoms with Crippen molar-refractivity contribution >= 4 is 39.9 Å². The molecule has 1 atom stereocenters. The molecular formula is C16H17N3OS3. The Morgan fingerprint density at radius 2 is 2.09 bits per heavy atom. The number of rotatable bonds is 6. The molecule has 0 saturated carbocycles. The molecule has 0 bridgehead atoms. The Morgan fingerprint density at radius 3 is 2.70 bits per heavy atom. The van der Waals surface area contributed by atoms with E-state index in [4.69, 9.17) is 0 Å². The van der Waals surface area contributed by atoms with Crippen molar-refractivity contribution in [2.45, 2.75) is 32.7 Å². The molecule has 1 amide bonds. The summed E-state index contributed by atoms with van der Waals surface area (Å²) >= 11 is 4.83. The van der Waals surface area contributed by atoms with Crippen LogP contribution in [0.3, 0.4) is 0 Å². The van der Waals surface area contributed by atoms with Crippen molar-refractivity contribution in [1.82, 2.24) is 15.3 Å². The van der Waals surface area contributed by atoms with Crippen LogP contribution in [0.15, 0.2) is 27.6 Å². The minimum absolute atomic E-state index is 0.0108. The summed E-state index contributed by atoms with van der Waals surface area (Å²) in [6.45, 7) is 3.92. The van der Waals surface area contributed by atoms with Crippen LogP contribution in [0.2, 0.25) is 0 Å². The molecule has 3 aromatic heterocycles. The molecule has 7 heteroatoms. The highest BCUT2D eigenvalue weighted by Gasteiger charge is 2.19. The van der Waals surface area contributed by atoms with E-state index < -0.39 is 0 Å². The van der Waals surface area contributed by atoms with Crippen molar-refractivity contribution in [3.05, 3.63) is 54.6 Å². The van der Waals surface area contributed by atoms with Gasteiger partial charge >= 0.3 is 0 Å². The Labute approximate surface area is 147 Å². The van der Waals surface area contributed by atoms with Gasteiger partial charge in [0.1, 0.15) is 5.01 Å². The van der Waals surface area contributed by atoms with E-state index in [-0.39, 0.29) is 11.9 Å². The zero-order valence-electron chi connectivity index (χ0n) is 12.9. The van der Waals surface area contributed by atoms with Gasteiger partial charge in [0.2, 0.25) is 5.91 Å². The minimum atomic E-state index is -0.0875. The number of thiophene rings is 1. The molecule has 0 fully saturated rings. The van der Waals surface area contributed by atoms with Gasteiger partial charge in [-0.1, -0.05) is 0 Å². The van der Waals surface area contributed by atoms with Crippen LogP contribution in [0.4, 0.5) is 0 Å². The van der Waals surface area contributed by atoms with Gasteiger partial charge in [-0.15, -0.1) is 22.7 Å². The van der Waals surface area contributed by atoms with Gasteiger partial charge in [0.05, 0.1) is 23.2 Å². The second-order valence-corrected chi connectivity index (χ2v) is 8.05. The fraction of sp³-hybridized carbons (Fsp3) is 0.312. The van der Waals surface area contributed by atoms with E-state index in [1.54, 1.807) is 34.0 Å². The van der Waals surface area contributed by atoms with Crippen molar-refractivity contribution < 1.29 is 4.79 Å². The molecule has 0 aliphatic rings. The van der Waals surface area contributed by atoms with Gasteiger partial charge in [0, 0.05) is 22.9 Å². The zero-order valence-corrected chi connectivity index (χ0v) is 15.4. The van der Waals surface area contributed by atoms with Gasteiger partial charge in [0.25, 0.3) is 0 Å². The Balaban J connectivity index is 1.71. The smallest absolute Gasteiger partial charge is 0.226 e. The number of hydrogen-bond acceptors (Lipinski definition) is 6. The maximum Gasteiger partial charge on any atom is 0.226 e. The van der Waals surface area contributed by atoms with Crippen LogP contribution >= 0.6 is 34.0 Å². The van der Waals surface area contributed by atoms with E-state index in [1.807, 2.05) is 24.6 Å². The largest absolute Gasteiger partial charge is 0.346 e. The van der Waals surface area contributed by atoms with E-state index in [2.05, 4.69) is 32.1 Å². The van der Waals surface area contributed by atoms with Gasteiger partial charge in [-0.05, 0) is 36.2 Å². The van der Waals surface area contributed by atoms with Gasteiger partial charge in [-0.25, -0.2) is 9.97 Å². The Morgan fingerprint density at radius 1 is 1.22 bits per heavy atom. The van der Waals surface area contributed by atoms with Crippen LogP contribution < -0.4 is 5.32 Å². The molecule has 3 heterocycles. The molecule has 0 aliphatic carbocycles. The van der Waals surface area contributed by atoms with Crippen LogP contribution in [0.25, 0.3) is 0 Å². The number of aromatic nitrogens is 2. The summed E-state index contributed by atoms with van der Waals surface area (Å²) in [5, 5.41) is 13.2. The third-order valence-electron chi connectivity index (χ3n) is 3.30. The molecule has 0 radical (unpaired) electrons. The number of nitrogens with one attached hydrogen (secondary N) is 1. The molecule has 0 aliphatic heterocycles. The van der Waals surface area contributed by atoms with E-state index in [1.165, 1.54) is 5.56 Å². The van der Waals surface area contributed by atoms with Crippen molar-refractivity contribution in [3.8, 4) is 0 Å². The normalized spacial score (nSPS) is 12.3. The van der Waals surface area contributed by atoms with Gasteiger partial charge in [-0.2, -0.15) is 11.3 Å². The van der Waals surface area contributed by atoms with Crippen LogP contribution in [-0.4, -0.2) is 15.9 Å². The van der Waals surface area contributed by atoms with Crippen LogP contribution in [0, 0.1) is 13.8 Å². The number of carbonyl (C=O) groups excluding carboxylic acids is 1. The summed E-state index contributed by atoms with van der Waals surface area (Å²) in [5.74, 6) is -0.0108. The van der Waals surface area contributed by atoms with Gasteiger partial charge in [-0.3, -0.25) is 4.79 Å². The molecular weight excluding hydrogens is 346 g/mol. The van der Waals surface area contributed by atoms with Crippen LogP contribution in [0.1, 0.15) is 33.0 Å². The first-order chi connectivity index (χ1) is 11.1. The molecule has 3 rings (SSSR count). The number of hydrogen-bond donors (Lipinski definition) is 1. The Hall–Kier alpha value is -1.57.